The standard InChI is InChI=1S/C7H12ClO6P/c1-5(2)7(9)13-6(3-4-8)14-15(10,11)12/h6H,1,3-4H2,2H3,(H2,10,11,12). The topological polar surface area (TPSA) is 93.1 Å². The third-order valence-electron chi connectivity index (χ3n) is 1.19. The molecule has 0 fully saturated rings. The molecule has 88 valence electrons. The Bertz CT molecular complexity index is 285. The predicted molar refractivity (Wildman–Crippen MR) is 53.2 cm³/mol. The molecular weight excluding hydrogens is 246 g/mol. The minimum atomic E-state index is -4.70. The van der Waals surface area contributed by atoms with Gasteiger partial charge in [-0.15, -0.1) is 11.6 Å². The first-order valence-corrected chi connectivity index (χ1v) is 5.99. The van der Waals surface area contributed by atoms with Gasteiger partial charge in [-0.1, -0.05) is 6.58 Å². The molecule has 0 saturated heterocycles. The predicted octanol–water partition coefficient (Wildman–Crippen LogP) is 1.17. The molecule has 0 amide bonds. The SMILES string of the molecule is C=C(C)C(=O)OC(CCCl)OP(=O)(O)O. The monoisotopic (exact) mass is 258 g/mol. The first-order chi connectivity index (χ1) is 6.76. The summed E-state index contributed by atoms with van der Waals surface area (Å²) in [6, 6.07) is 0. The molecule has 15 heavy (non-hydrogen) atoms. The van der Waals surface area contributed by atoms with E-state index in [1.165, 1.54) is 6.92 Å². The Balaban J connectivity index is 4.34. The number of phosphoric acid groups is 1. The summed E-state index contributed by atoms with van der Waals surface area (Å²) in [5.74, 6) is -0.757. The average Bonchev–Trinajstić information content (AvgIpc) is 2.00. The second kappa shape index (κ2) is 6.25. The molecule has 0 aliphatic rings. The molecule has 8 heteroatoms. The largest absolute Gasteiger partial charge is 0.472 e. The number of alkyl halides is 1. The Labute approximate surface area is 92.1 Å². The first kappa shape index (κ1) is 14.6. The first-order valence-electron chi connectivity index (χ1n) is 3.92. The van der Waals surface area contributed by atoms with Crippen LogP contribution in [-0.4, -0.2) is 27.9 Å². The fourth-order valence-corrected chi connectivity index (χ4v) is 1.23. The van der Waals surface area contributed by atoms with Gasteiger partial charge in [-0.3, -0.25) is 0 Å². The molecule has 6 nitrogen and oxygen atoms in total. The van der Waals surface area contributed by atoms with Gasteiger partial charge >= 0.3 is 13.8 Å². The maximum Gasteiger partial charge on any atom is 0.472 e. The van der Waals surface area contributed by atoms with Gasteiger partial charge in [-0.25, -0.2) is 13.9 Å². The van der Waals surface area contributed by atoms with Crippen LogP contribution >= 0.6 is 19.4 Å². The van der Waals surface area contributed by atoms with E-state index in [1.807, 2.05) is 0 Å². The summed E-state index contributed by atoms with van der Waals surface area (Å²) in [4.78, 5) is 28.0. The van der Waals surface area contributed by atoms with Gasteiger partial charge < -0.3 is 14.5 Å². The quantitative estimate of drug-likeness (QED) is 0.244. The van der Waals surface area contributed by atoms with Crippen LogP contribution in [0.3, 0.4) is 0 Å². The van der Waals surface area contributed by atoms with Gasteiger partial charge in [0, 0.05) is 17.9 Å². The summed E-state index contributed by atoms with van der Waals surface area (Å²) in [5.41, 5.74) is 0.101. The summed E-state index contributed by atoms with van der Waals surface area (Å²) >= 11 is 5.34. The number of phosphoric ester groups is 1. The number of carbonyl (C=O) groups is 1. The number of esters is 1. The highest BCUT2D eigenvalue weighted by molar-refractivity contribution is 7.46. The van der Waals surface area contributed by atoms with E-state index in [9.17, 15) is 9.36 Å². The van der Waals surface area contributed by atoms with Crippen molar-refractivity contribution in [3.05, 3.63) is 12.2 Å². The lowest BCUT2D eigenvalue weighted by atomic mass is 10.3. The molecule has 0 aliphatic carbocycles. The minimum absolute atomic E-state index is 0.0221. The third kappa shape index (κ3) is 7.53. The molecule has 0 heterocycles. The van der Waals surface area contributed by atoms with Crippen LogP contribution in [0.1, 0.15) is 13.3 Å². The Morgan fingerprint density at radius 1 is 1.60 bits per heavy atom. The number of halogens is 1. The highest BCUT2D eigenvalue weighted by atomic mass is 35.5. The molecule has 0 bridgehead atoms. The average molecular weight is 259 g/mol. The van der Waals surface area contributed by atoms with Crippen LogP contribution in [0.4, 0.5) is 0 Å². The number of carbonyl (C=O) groups excluding carboxylic acids is 1. The fraction of sp³-hybridized carbons (Fsp3) is 0.571. The Morgan fingerprint density at radius 2 is 2.13 bits per heavy atom. The highest BCUT2D eigenvalue weighted by Gasteiger charge is 2.25. The van der Waals surface area contributed by atoms with Crippen molar-refractivity contribution in [2.24, 2.45) is 0 Å². The van der Waals surface area contributed by atoms with E-state index in [1.54, 1.807) is 0 Å². The van der Waals surface area contributed by atoms with Gasteiger partial charge in [-0.2, -0.15) is 0 Å². The molecule has 0 aromatic heterocycles. The van der Waals surface area contributed by atoms with Crippen LogP contribution in [0, 0.1) is 0 Å². The zero-order valence-electron chi connectivity index (χ0n) is 8.05. The number of hydrogen-bond donors (Lipinski definition) is 2. The summed E-state index contributed by atoms with van der Waals surface area (Å²) in [6.07, 6.45) is -1.39. The van der Waals surface area contributed by atoms with E-state index in [2.05, 4.69) is 15.8 Å². The second-order valence-corrected chi connectivity index (χ2v) is 4.26. The van der Waals surface area contributed by atoms with Crippen molar-refractivity contribution < 1.29 is 28.4 Å². The number of ether oxygens (including phenoxy) is 1. The lowest BCUT2D eigenvalue weighted by Gasteiger charge is -2.17. The minimum Gasteiger partial charge on any atom is -0.432 e. The summed E-state index contributed by atoms with van der Waals surface area (Å²) in [6.45, 7) is 4.71. The zero-order chi connectivity index (χ0) is 12.1. The molecule has 0 radical (unpaired) electrons. The summed E-state index contributed by atoms with van der Waals surface area (Å²) in [5, 5.41) is 0. The van der Waals surface area contributed by atoms with E-state index in [0.717, 1.165) is 0 Å². The zero-order valence-corrected chi connectivity index (χ0v) is 9.70. The van der Waals surface area contributed by atoms with Crippen LogP contribution < -0.4 is 0 Å². The molecular formula is C7H12ClO6P. The highest BCUT2D eigenvalue weighted by Crippen LogP contribution is 2.38. The summed E-state index contributed by atoms with van der Waals surface area (Å²) < 4.78 is 19.3. The smallest absolute Gasteiger partial charge is 0.432 e. The lowest BCUT2D eigenvalue weighted by molar-refractivity contribution is -0.160. The molecule has 0 saturated carbocycles. The van der Waals surface area contributed by atoms with Crippen molar-refractivity contribution in [3.63, 3.8) is 0 Å². The third-order valence-corrected chi connectivity index (χ3v) is 1.91. The van der Waals surface area contributed by atoms with Gasteiger partial charge in [-0.05, 0) is 6.92 Å². The van der Waals surface area contributed by atoms with Crippen LogP contribution in [0.5, 0.6) is 0 Å². The van der Waals surface area contributed by atoms with Gasteiger partial charge in [0.15, 0.2) is 0 Å². The van der Waals surface area contributed by atoms with Gasteiger partial charge in [0.2, 0.25) is 6.29 Å². The molecule has 0 spiro atoms. The normalized spacial score (nSPS) is 13.3. The van der Waals surface area contributed by atoms with Crippen molar-refractivity contribution in [2.45, 2.75) is 19.6 Å². The Kier molecular flexibility index (Phi) is 6.09. The lowest BCUT2D eigenvalue weighted by Crippen LogP contribution is -2.21. The van der Waals surface area contributed by atoms with Gasteiger partial charge in [0.25, 0.3) is 0 Å². The molecule has 1 unspecified atom stereocenters. The van der Waals surface area contributed by atoms with Crippen molar-refractivity contribution in [1.29, 1.82) is 0 Å². The molecule has 0 aliphatic heterocycles. The van der Waals surface area contributed by atoms with Crippen molar-refractivity contribution in [2.75, 3.05) is 5.88 Å². The van der Waals surface area contributed by atoms with Gasteiger partial charge in [0.1, 0.15) is 0 Å². The van der Waals surface area contributed by atoms with Crippen molar-refractivity contribution >= 4 is 25.4 Å². The molecule has 0 aromatic rings. The van der Waals surface area contributed by atoms with Crippen molar-refractivity contribution in [1.82, 2.24) is 0 Å². The Hall–Kier alpha value is -0.390. The second-order valence-electron chi connectivity index (χ2n) is 2.69. The summed E-state index contributed by atoms with van der Waals surface area (Å²) in [7, 11) is -4.70. The van der Waals surface area contributed by atoms with Gasteiger partial charge in [0.05, 0.1) is 0 Å². The van der Waals surface area contributed by atoms with E-state index in [4.69, 9.17) is 21.4 Å². The molecule has 0 aromatic carbocycles. The molecule has 1 atom stereocenters. The fourth-order valence-electron chi connectivity index (χ4n) is 0.595. The molecule has 2 N–H and O–H groups in total. The number of hydrogen-bond acceptors (Lipinski definition) is 4. The maximum atomic E-state index is 11.0. The van der Waals surface area contributed by atoms with Crippen LogP contribution in [0.15, 0.2) is 12.2 Å². The van der Waals surface area contributed by atoms with E-state index in [0.29, 0.717) is 0 Å². The Morgan fingerprint density at radius 3 is 2.47 bits per heavy atom. The van der Waals surface area contributed by atoms with E-state index >= 15 is 0 Å². The molecule has 0 rings (SSSR count). The van der Waals surface area contributed by atoms with Crippen LogP contribution in [0.25, 0.3) is 0 Å². The van der Waals surface area contributed by atoms with Crippen molar-refractivity contribution in [3.8, 4) is 0 Å². The van der Waals surface area contributed by atoms with Crippen LogP contribution in [0.2, 0.25) is 0 Å². The van der Waals surface area contributed by atoms with E-state index in [-0.39, 0.29) is 17.9 Å². The maximum absolute atomic E-state index is 11.0. The number of rotatable bonds is 6. The van der Waals surface area contributed by atoms with E-state index < -0.39 is 20.1 Å². The van der Waals surface area contributed by atoms with Crippen LogP contribution in [-0.2, 0) is 18.6 Å².